The van der Waals surface area contributed by atoms with Gasteiger partial charge in [0.15, 0.2) is 6.61 Å². The van der Waals surface area contributed by atoms with E-state index in [4.69, 9.17) is 9.26 Å². The monoisotopic (exact) mass is 234 g/mol. The highest BCUT2D eigenvalue weighted by molar-refractivity contribution is 5.34. The van der Waals surface area contributed by atoms with Crippen molar-refractivity contribution in [2.45, 2.75) is 26.6 Å². The lowest BCUT2D eigenvalue weighted by Gasteiger charge is -2.11. The zero-order valence-electron chi connectivity index (χ0n) is 9.75. The van der Waals surface area contributed by atoms with E-state index < -0.39 is 6.10 Å². The van der Waals surface area contributed by atoms with Crippen LogP contribution in [0.4, 0.5) is 0 Å². The van der Waals surface area contributed by atoms with Crippen LogP contribution in [0.3, 0.4) is 0 Å². The summed E-state index contributed by atoms with van der Waals surface area (Å²) in [7, 11) is 0. The predicted molar refractivity (Wildman–Crippen MR) is 60.4 cm³/mol. The van der Waals surface area contributed by atoms with E-state index >= 15 is 0 Å². The molecule has 1 aromatic carbocycles. The summed E-state index contributed by atoms with van der Waals surface area (Å²) in [5, 5.41) is 13.3. The fourth-order valence-electron chi connectivity index (χ4n) is 1.50. The van der Waals surface area contributed by atoms with Crippen LogP contribution in [-0.4, -0.2) is 15.2 Å². The first-order chi connectivity index (χ1) is 8.16. The van der Waals surface area contributed by atoms with Gasteiger partial charge in [-0.15, -0.1) is 0 Å². The molecule has 0 bridgehead atoms. The van der Waals surface area contributed by atoms with Crippen molar-refractivity contribution in [3.05, 3.63) is 41.5 Å². The molecule has 5 heteroatoms. The molecule has 0 aliphatic carbocycles. The van der Waals surface area contributed by atoms with Crippen molar-refractivity contribution >= 4 is 0 Å². The summed E-state index contributed by atoms with van der Waals surface area (Å²) in [6.07, 6.45) is -0.571. The van der Waals surface area contributed by atoms with Crippen LogP contribution in [0.2, 0.25) is 0 Å². The van der Waals surface area contributed by atoms with Gasteiger partial charge in [-0.05, 0) is 13.0 Å². The first-order valence-corrected chi connectivity index (χ1v) is 5.36. The van der Waals surface area contributed by atoms with E-state index in [1.54, 1.807) is 19.9 Å². The number of para-hydroxylation sites is 1. The molecule has 17 heavy (non-hydrogen) atoms. The molecular weight excluding hydrogens is 220 g/mol. The Morgan fingerprint density at radius 1 is 1.41 bits per heavy atom. The van der Waals surface area contributed by atoms with Crippen LogP contribution in [0, 0.1) is 6.92 Å². The van der Waals surface area contributed by atoms with Gasteiger partial charge < -0.3 is 14.4 Å². The van der Waals surface area contributed by atoms with E-state index in [9.17, 15) is 5.11 Å². The summed E-state index contributed by atoms with van der Waals surface area (Å²) in [5.74, 6) is 1.63. The Balaban J connectivity index is 2.08. The molecule has 1 N–H and O–H groups in total. The van der Waals surface area contributed by atoms with Crippen molar-refractivity contribution in [3.8, 4) is 5.75 Å². The minimum absolute atomic E-state index is 0.223. The highest BCUT2D eigenvalue weighted by atomic mass is 16.5. The van der Waals surface area contributed by atoms with Gasteiger partial charge >= 0.3 is 0 Å². The molecule has 1 unspecified atom stereocenters. The van der Waals surface area contributed by atoms with Crippen LogP contribution in [-0.2, 0) is 6.61 Å². The fraction of sp³-hybridized carbons (Fsp3) is 0.333. The van der Waals surface area contributed by atoms with Crippen LogP contribution >= 0.6 is 0 Å². The smallest absolute Gasteiger partial charge is 0.223 e. The van der Waals surface area contributed by atoms with Crippen molar-refractivity contribution < 1.29 is 14.4 Å². The van der Waals surface area contributed by atoms with Crippen LogP contribution < -0.4 is 4.74 Å². The van der Waals surface area contributed by atoms with E-state index in [0.29, 0.717) is 17.5 Å². The van der Waals surface area contributed by atoms with Crippen molar-refractivity contribution in [3.63, 3.8) is 0 Å². The first kappa shape index (κ1) is 11.6. The standard InChI is InChI=1S/C12H14N2O3/c1-8(15)10-5-3-4-6-11(10)16-7-12-13-9(2)17-14-12/h3-6,8,15H,7H2,1-2H3. The number of aryl methyl sites for hydroxylation is 1. The predicted octanol–water partition coefficient (Wildman–Crippen LogP) is 2.01. The lowest BCUT2D eigenvalue weighted by molar-refractivity contribution is 0.189. The van der Waals surface area contributed by atoms with Gasteiger partial charge in [-0.2, -0.15) is 4.98 Å². The van der Waals surface area contributed by atoms with Crippen molar-refractivity contribution in [2.75, 3.05) is 0 Å². The SMILES string of the molecule is Cc1nc(COc2ccccc2C(C)O)no1. The average Bonchev–Trinajstić information content (AvgIpc) is 2.73. The minimum atomic E-state index is -0.571. The molecule has 0 aliphatic heterocycles. The number of nitrogens with zero attached hydrogens (tertiary/aromatic N) is 2. The number of aliphatic hydroxyl groups is 1. The van der Waals surface area contributed by atoms with Crippen molar-refractivity contribution in [1.29, 1.82) is 0 Å². The molecule has 0 radical (unpaired) electrons. The molecule has 0 aliphatic rings. The van der Waals surface area contributed by atoms with Crippen LogP contribution in [0.25, 0.3) is 0 Å². The third-order valence-corrected chi connectivity index (χ3v) is 2.30. The first-order valence-electron chi connectivity index (χ1n) is 5.36. The number of aliphatic hydroxyl groups excluding tert-OH is 1. The van der Waals surface area contributed by atoms with Crippen LogP contribution in [0.1, 0.15) is 30.3 Å². The second kappa shape index (κ2) is 4.97. The summed E-state index contributed by atoms with van der Waals surface area (Å²) < 4.78 is 10.4. The third-order valence-electron chi connectivity index (χ3n) is 2.30. The van der Waals surface area contributed by atoms with Gasteiger partial charge in [-0.3, -0.25) is 0 Å². The molecule has 5 nitrogen and oxygen atoms in total. The van der Waals surface area contributed by atoms with E-state index in [-0.39, 0.29) is 6.61 Å². The molecule has 0 saturated carbocycles. The maximum Gasteiger partial charge on any atom is 0.223 e. The van der Waals surface area contributed by atoms with Gasteiger partial charge in [-0.25, -0.2) is 0 Å². The molecule has 1 atom stereocenters. The van der Waals surface area contributed by atoms with E-state index in [0.717, 1.165) is 5.56 Å². The Hall–Kier alpha value is -1.88. The lowest BCUT2D eigenvalue weighted by atomic mass is 10.1. The zero-order chi connectivity index (χ0) is 12.3. The molecule has 2 aromatic rings. The number of hydrogen-bond acceptors (Lipinski definition) is 5. The van der Waals surface area contributed by atoms with Crippen LogP contribution in [0.15, 0.2) is 28.8 Å². The highest BCUT2D eigenvalue weighted by Gasteiger charge is 2.09. The van der Waals surface area contributed by atoms with Gasteiger partial charge in [0.25, 0.3) is 0 Å². The van der Waals surface area contributed by atoms with Gasteiger partial charge in [0.1, 0.15) is 5.75 Å². The Morgan fingerprint density at radius 3 is 2.82 bits per heavy atom. The summed E-state index contributed by atoms with van der Waals surface area (Å²) in [6, 6.07) is 7.33. The normalized spacial score (nSPS) is 12.4. The molecule has 1 aromatic heterocycles. The zero-order valence-corrected chi connectivity index (χ0v) is 9.75. The molecule has 0 saturated heterocycles. The Kier molecular flexibility index (Phi) is 3.39. The summed E-state index contributed by atoms with van der Waals surface area (Å²) >= 11 is 0. The molecule has 90 valence electrons. The Morgan fingerprint density at radius 2 is 2.18 bits per heavy atom. The lowest BCUT2D eigenvalue weighted by Crippen LogP contribution is -2.02. The molecule has 0 amide bonds. The second-order valence-electron chi connectivity index (χ2n) is 3.73. The summed E-state index contributed by atoms with van der Waals surface area (Å²) in [4.78, 5) is 4.03. The number of benzene rings is 1. The molecule has 0 fully saturated rings. The fourth-order valence-corrected chi connectivity index (χ4v) is 1.50. The quantitative estimate of drug-likeness (QED) is 0.876. The number of aromatic nitrogens is 2. The third kappa shape index (κ3) is 2.82. The molecule has 2 rings (SSSR count). The van der Waals surface area contributed by atoms with E-state index in [1.165, 1.54) is 0 Å². The minimum Gasteiger partial charge on any atom is -0.485 e. The molecular formula is C12H14N2O3. The average molecular weight is 234 g/mol. The van der Waals surface area contributed by atoms with Gasteiger partial charge in [0, 0.05) is 12.5 Å². The Labute approximate surface area is 99.0 Å². The Bertz CT molecular complexity index is 494. The maximum atomic E-state index is 9.58. The van der Waals surface area contributed by atoms with E-state index in [2.05, 4.69) is 10.1 Å². The number of ether oxygens (including phenoxy) is 1. The second-order valence-corrected chi connectivity index (χ2v) is 3.73. The summed E-state index contributed by atoms with van der Waals surface area (Å²) in [6.45, 7) is 3.64. The largest absolute Gasteiger partial charge is 0.485 e. The van der Waals surface area contributed by atoms with Crippen LogP contribution in [0.5, 0.6) is 5.75 Å². The summed E-state index contributed by atoms with van der Waals surface area (Å²) in [5.41, 5.74) is 0.743. The van der Waals surface area contributed by atoms with Crippen molar-refractivity contribution in [2.24, 2.45) is 0 Å². The topological polar surface area (TPSA) is 68.4 Å². The van der Waals surface area contributed by atoms with Gasteiger partial charge in [0.2, 0.25) is 11.7 Å². The molecule has 0 spiro atoms. The number of rotatable bonds is 4. The molecule has 1 heterocycles. The van der Waals surface area contributed by atoms with Gasteiger partial charge in [-0.1, -0.05) is 23.4 Å². The van der Waals surface area contributed by atoms with Gasteiger partial charge in [0.05, 0.1) is 6.10 Å². The maximum absolute atomic E-state index is 9.58. The van der Waals surface area contributed by atoms with E-state index in [1.807, 2.05) is 18.2 Å². The highest BCUT2D eigenvalue weighted by Crippen LogP contribution is 2.24. The number of hydrogen-bond donors (Lipinski definition) is 1. The van der Waals surface area contributed by atoms with Crippen molar-refractivity contribution in [1.82, 2.24) is 10.1 Å².